The highest BCUT2D eigenvalue weighted by Gasteiger charge is 2.62. The van der Waals surface area contributed by atoms with Crippen LogP contribution in [0.25, 0.3) is 0 Å². The number of fused-ring (bicyclic) bond motifs is 4. The molecule has 2 fully saturated rings. The molecule has 3 aliphatic heterocycles. The number of non-ortho nitro benzene ring substituents is 1. The summed E-state index contributed by atoms with van der Waals surface area (Å²) < 4.78 is 0. The van der Waals surface area contributed by atoms with E-state index in [4.69, 9.17) is 0 Å². The number of hydrogen-bond donors (Lipinski definition) is 1. The minimum absolute atomic E-state index is 0.00250. The molecule has 3 aliphatic rings. The van der Waals surface area contributed by atoms with Crippen molar-refractivity contribution in [2.45, 2.75) is 32.4 Å². The number of piperazine rings is 1. The predicted molar refractivity (Wildman–Crippen MR) is 128 cm³/mol. The fraction of sp³-hybridized carbons (Fsp3) is 0.400. The monoisotopic (exact) mass is 477 g/mol. The molecule has 0 aliphatic carbocycles. The molecule has 10 nitrogen and oxygen atoms in total. The molecule has 35 heavy (non-hydrogen) atoms. The molecule has 0 saturated carbocycles. The van der Waals surface area contributed by atoms with Gasteiger partial charge in [0, 0.05) is 57.0 Å². The van der Waals surface area contributed by atoms with Crippen LogP contribution in [0, 0.1) is 15.5 Å². The zero-order valence-corrected chi connectivity index (χ0v) is 19.5. The van der Waals surface area contributed by atoms with Gasteiger partial charge in [-0.3, -0.25) is 34.8 Å². The number of benzene rings is 2. The summed E-state index contributed by atoms with van der Waals surface area (Å²) in [5.41, 5.74) is 0.848. The van der Waals surface area contributed by atoms with Gasteiger partial charge in [0.15, 0.2) is 5.41 Å². The number of nitrogens with zero attached hydrogens (tertiary/aromatic N) is 4. The molecule has 10 heteroatoms. The topological polar surface area (TPSA) is 116 Å². The van der Waals surface area contributed by atoms with E-state index in [0.717, 1.165) is 16.2 Å². The maximum atomic E-state index is 13.9. The normalized spacial score (nSPS) is 24.3. The van der Waals surface area contributed by atoms with E-state index in [1.54, 1.807) is 6.07 Å². The lowest BCUT2D eigenvalue weighted by Gasteiger charge is -2.55. The first-order valence-corrected chi connectivity index (χ1v) is 11.8. The van der Waals surface area contributed by atoms with E-state index in [1.165, 1.54) is 12.1 Å². The summed E-state index contributed by atoms with van der Waals surface area (Å²) in [6.07, 6.45) is 0.558. The van der Waals surface area contributed by atoms with E-state index in [1.807, 2.05) is 42.2 Å². The molecule has 1 spiro atoms. The smallest absolute Gasteiger partial charge is 0.330 e. The summed E-state index contributed by atoms with van der Waals surface area (Å²) in [6.45, 7) is 4.41. The van der Waals surface area contributed by atoms with E-state index in [9.17, 15) is 24.5 Å². The van der Waals surface area contributed by atoms with E-state index in [0.29, 0.717) is 38.2 Å². The van der Waals surface area contributed by atoms with Crippen LogP contribution < -0.4 is 10.2 Å². The Morgan fingerprint density at radius 1 is 1.11 bits per heavy atom. The molecule has 1 N–H and O–H groups in total. The lowest BCUT2D eigenvalue weighted by atomic mass is 9.67. The highest BCUT2D eigenvalue weighted by molar-refractivity contribution is 6.20. The summed E-state index contributed by atoms with van der Waals surface area (Å²) in [6, 6.07) is 13.4. The van der Waals surface area contributed by atoms with Gasteiger partial charge in [-0.25, -0.2) is 4.79 Å². The second-order valence-electron chi connectivity index (χ2n) is 9.36. The Balaban J connectivity index is 1.59. The minimum Gasteiger partial charge on any atom is -0.364 e. The molecular formula is C25H27N5O5. The lowest BCUT2D eigenvalue weighted by molar-refractivity contribution is -0.384. The first-order valence-electron chi connectivity index (χ1n) is 11.8. The zero-order chi connectivity index (χ0) is 24.7. The quantitative estimate of drug-likeness (QED) is 0.399. The van der Waals surface area contributed by atoms with Gasteiger partial charge < -0.3 is 4.90 Å². The van der Waals surface area contributed by atoms with Crippen LogP contribution >= 0.6 is 0 Å². The van der Waals surface area contributed by atoms with Gasteiger partial charge in [0.2, 0.25) is 11.8 Å². The highest BCUT2D eigenvalue weighted by atomic mass is 16.6. The highest BCUT2D eigenvalue weighted by Crippen LogP contribution is 2.46. The molecule has 2 saturated heterocycles. The van der Waals surface area contributed by atoms with Crippen molar-refractivity contribution < 1.29 is 19.3 Å². The standard InChI is InChI=1S/C25H27N5O5/c1-2-10-29-23(32)25(22(31)26-24(29)33)14-18-13-19(30(34)35)8-9-20(18)28-12-11-27(16-21(25)28)15-17-6-4-3-5-7-17/h3-9,13,21H,2,10-12,14-16H2,1H3,(H,26,31,33)/t21-,25+/m1/s1. The number of nitrogens with one attached hydrogen (secondary N) is 1. The molecular weight excluding hydrogens is 450 g/mol. The number of rotatable bonds is 5. The van der Waals surface area contributed by atoms with Gasteiger partial charge in [-0.05, 0) is 23.6 Å². The molecule has 2 aromatic carbocycles. The third-order valence-electron chi connectivity index (χ3n) is 7.28. The second kappa shape index (κ2) is 8.77. The molecule has 182 valence electrons. The fourth-order valence-electron chi connectivity index (χ4n) is 5.64. The van der Waals surface area contributed by atoms with Crippen LogP contribution in [-0.4, -0.2) is 64.8 Å². The van der Waals surface area contributed by atoms with Crippen LogP contribution in [0.5, 0.6) is 0 Å². The largest absolute Gasteiger partial charge is 0.364 e. The van der Waals surface area contributed by atoms with Gasteiger partial charge in [0.1, 0.15) is 0 Å². The molecule has 5 rings (SSSR count). The number of hydrogen-bond acceptors (Lipinski definition) is 7. The fourth-order valence-corrected chi connectivity index (χ4v) is 5.64. The van der Waals surface area contributed by atoms with E-state index in [-0.39, 0.29) is 18.7 Å². The summed E-state index contributed by atoms with van der Waals surface area (Å²) in [4.78, 5) is 56.3. The van der Waals surface area contributed by atoms with Gasteiger partial charge >= 0.3 is 6.03 Å². The number of barbiturate groups is 1. The van der Waals surface area contributed by atoms with Gasteiger partial charge in [0.25, 0.3) is 5.69 Å². The number of carbonyl (C=O) groups excluding carboxylic acids is 3. The van der Waals surface area contributed by atoms with Crippen molar-refractivity contribution in [3.8, 4) is 0 Å². The first-order chi connectivity index (χ1) is 16.8. The molecule has 0 bridgehead atoms. The Morgan fingerprint density at radius 3 is 2.60 bits per heavy atom. The maximum absolute atomic E-state index is 13.9. The average Bonchev–Trinajstić information content (AvgIpc) is 2.85. The van der Waals surface area contributed by atoms with E-state index in [2.05, 4.69) is 10.2 Å². The second-order valence-corrected chi connectivity index (χ2v) is 9.36. The van der Waals surface area contributed by atoms with Crippen LogP contribution in [0.1, 0.15) is 24.5 Å². The van der Waals surface area contributed by atoms with Crippen LogP contribution in [-0.2, 0) is 22.6 Å². The number of nitro benzene ring substituents is 1. The number of nitro groups is 1. The molecule has 4 amide bonds. The predicted octanol–water partition coefficient (Wildman–Crippen LogP) is 2.32. The zero-order valence-electron chi connectivity index (χ0n) is 19.5. The van der Waals surface area contributed by atoms with Crippen molar-refractivity contribution in [2.24, 2.45) is 5.41 Å². The minimum atomic E-state index is -1.55. The average molecular weight is 478 g/mol. The van der Waals surface area contributed by atoms with Crippen LogP contribution in [0.3, 0.4) is 0 Å². The summed E-state index contributed by atoms with van der Waals surface area (Å²) in [5, 5.41) is 13.9. The Kier molecular flexibility index (Phi) is 5.76. The number of carbonyl (C=O) groups is 3. The Bertz CT molecular complexity index is 1200. The number of amides is 4. The molecule has 2 atom stereocenters. The maximum Gasteiger partial charge on any atom is 0.330 e. The first kappa shape index (κ1) is 23.0. The summed E-state index contributed by atoms with van der Waals surface area (Å²) in [7, 11) is 0. The van der Waals surface area contributed by atoms with Gasteiger partial charge in [-0.15, -0.1) is 0 Å². The Morgan fingerprint density at radius 2 is 1.89 bits per heavy atom. The van der Waals surface area contributed by atoms with Crippen molar-refractivity contribution in [3.63, 3.8) is 0 Å². The van der Waals surface area contributed by atoms with Crippen molar-refractivity contribution >= 4 is 29.2 Å². The van der Waals surface area contributed by atoms with Crippen molar-refractivity contribution in [2.75, 3.05) is 31.1 Å². The van der Waals surface area contributed by atoms with Gasteiger partial charge in [0.05, 0.1) is 11.0 Å². The van der Waals surface area contributed by atoms with Crippen LogP contribution in [0.4, 0.5) is 16.2 Å². The van der Waals surface area contributed by atoms with Gasteiger partial charge in [-0.2, -0.15) is 0 Å². The SMILES string of the molecule is CCCN1C(=O)NC(=O)[C@@]2(Cc3cc([N+](=O)[O-])ccc3N3CCN(Cc4ccccc4)C[C@@H]32)C1=O. The van der Waals surface area contributed by atoms with E-state index >= 15 is 0 Å². The Labute approximate surface area is 202 Å². The third-order valence-corrected chi connectivity index (χ3v) is 7.28. The molecule has 2 aromatic rings. The third kappa shape index (κ3) is 3.74. The van der Waals surface area contributed by atoms with Crippen LogP contribution in [0.15, 0.2) is 48.5 Å². The van der Waals surface area contributed by atoms with Crippen molar-refractivity contribution in [1.29, 1.82) is 0 Å². The molecule has 0 unspecified atom stereocenters. The summed E-state index contributed by atoms with van der Waals surface area (Å²) >= 11 is 0. The number of urea groups is 1. The lowest BCUT2D eigenvalue weighted by Crippen LogP contribution is -2.75. The van der Waals surface area contributed by atoms with Crippen LogP contribution in [0.2, 0.25) is 0 Å². The van der Waals surface area contributed by atoms with Crippen molar-refractivity contribution in [3.05, 3.63) is 69.8 Å². The number of imide groups is 2. The molecule has 0 radical (unpaired) electrons. The number of anilines is 1. The Hall–Kier alpha value is -3.79. The van der Waals surface area contributed by atoms with Gasteiger partial charge in [-0.1, -0.05) is 37.3 Å². The molecule has 0 aromatic heterocycles. The summed E-state index contributed by atoms with van der Waals surface area (Å²) in [5.74, 6) is -1.16. The molecule has 3 heterocycles. The van der Waals surface area contributed by atoms with Crippen molar-refractivity contribution in [1.82, 2.24) is 15.1 Å². The van der Waals surface area contributed by atoms with E-state index < -0.39 is 34.2 Å².